The predicted octanol–water partition coefficient (Wildman–Crippen LogP) is 4.21. The molecule has 0 radical (unpaired) electrons. The first-order valence-corrected chi connectivity index (χ1v) is 9.46. The highest BCUT2D eigenvalue weighted by atomic mass is 32.1. The van der Waals surface area contributed by atoms with Crippen LogP contribution in [0.1, 0.15) is 32.1 Å². The first-order chi connectivity index (χ1) is 13.4. The summed E-state index contributed by atoms with van der Waals surface area (Å²) in [6.07, 6.45) is 1.46. The van der Waals surface area contributed by atoms with E-state index in [-0.39, 0.29) is 11.7 Å². The number of phenols is 1. The number of carbonyl (C=O) groups is 1. The van der Waals surface area contributed by atoms with Gasteiger partial charge in [-0.3, -0.25) is 4.79 Å². The van der Waals surface area contributed by atoms with Gasteiger partial charge in [-0.1, -0.05) is 17.7 Å². The molecule has 2 aromatic carbocycles. The van der Waals surface area contributed by atoms with Gasteiger partial charge in [0, 0.05) is 5.56 Å². The lowest BCUT2D eigenvalue weighted by Gasteiger charge is -2.03. The van der Waals surface area contributed by atoms with E-state index in [2.05, 4.69) is 33.7 Å². The largest absolute Gasteiger partial charge is 0.504 e. The second-order valence-electron chi connectivity index (χ2n) is 6.38. The summed E-state index contributed by atoms with van der Waals surface area (Å²) < 4.78 is 5.00. The number of aromatic nitrogens is 1. The van der Waals surface area contributed by atoms with Crippen LogP contribution in [-0.4, -0.2) is 29.3 Å². The van der Waals surface area contributed by atoms with Crippen molar-refractivity contribution in [2.75, 3.05) is 7.11 Å². The maximum atomic E-state index is 12.5. The molecule has 0 fully saturated rings. The molecule has 0 aliphatic carbocycles. The molecule has 1 aromatic heterocycles. The van der Waals surface area contributed by atoms with Crippen LogP contribution in [0, 0.1) is 20.8 Å². The van der Waals surface area contributed by atoms with Gasteiger partial charge >= 0.3 is 0 Å². The Hall–Kier alpha value is -3.19. The number of nitrogens with zero attached hydrogens (tertiary/aromatic N) is 2. The molecule has 0 unspecified atom stereocenters. The lowest BCUT2D eigenvalue weighted by atomic mass is 10.1. The summed E-state index contributed by atoms with van der Waals surface area (Å²) >= 11 is 1.34. The molecular formula is C21H21N3O3S. The number of hydrazone groups is 1. The second kappa shape index (κ2) is 8.22. The van der Waals surface area contributed by atoms with E-state index in [4.69, 9.17) is 4.74 Å². The number of nitrogens with one attached hydrogen (secondary N) is 1. The van der Waals surface area contributed by atoms with Crippen LogP contribution in [-0.2, 0) is 0 Å². The molecule has 3 aromatic rings. The number of hydrogen-bond acceptors (Lipinski definition) is 6. The number of ether oxygens (including phenoxy) is 1. The summed E-state index contributed by atoms with van der Waals surface area (Å²) in [6, 6.07) is 11.0. The topological polar surface area (TPSA) is 83.8 Å². The predicted molar refractivity (Wildman–Crippen MR) is 111 cm³/mol. The lowest BCUT2D eigenvalue weighted by Crippen LogP contribution is -2.17. The molecule has 6 nitrogen and oxygen atoms in total. The molecule has 0 aliphatic heterocycles. The third-order valence-corrected chi connectivity index (χ3v) is 5.40. The Morgan fingerprint density at radius 1 is 1.21 bits per heavy atom. The van der Waals surface area contributed by atoms with E-state index >= 15 is 0 Å². The van der Waals surface area contributed by atoms with E-state index in [1.165, 1.54) is 30.7 Å². The number of aromatic hydroxyl groups is 1. The molecular weight excluding hydrogens is 374 g/mol. The Kier molecular flexibility index (Phi) is 5.75. The second-order valence-corrected chi connectivity index (χ2v) is 7.38. The highest BCUT2D eigenvalue weighted by Crippen LogP contribution is 2.31. The van der Waals surface area contributed by atoms with Gasteiger partial charge < -0.3 is 9.84 Å². The van der Waals surface area contributed by atoms with Crippen molar-refractivity contribution in [1.29, 1.82) is 0 Å². The summed E-state index contributed by atoms with van der Waals surface area (Å²) in [5, 5.41) is 14.6. The van der Waals surface area contributed by atoms with Crippen LogP contribution >= 0.6 is 11.3 Å². The molecule has 0 saturated heterocycles. The van der Waals surface area contributed by atoms with Crippen LogP contribution in [0.3, 0.4) is 0 Å². The molecule has 0 aliphatic rings. The third kappa shape index (κ3) is 4.20. The lowest BCUT2D eigenvalue weighted by molar-refractivity contribution is 0.0958. The number of rotatable bonds is 5. The molecule has 1 heterocycles. The van der Waals surface area contributed by atoms with Gasteiger partial charge in [-0.2, -0.15) is 5.10 Å². The monoisotopic (exact) mass is 395 g/mol. The smallest absolute Gasteiger partial charge is 0.283 e. The van der Waals surface area contributed by atoms with Crippen molar-refractivity contribution in [1.82, 2.24) is 10.4 Å². The van der Waals surface area contributed by atoms with Crippen LogP contribution in [0.2, 0.25) is 0 Å². The van der Waals surface area contributed by atoms with E-state index in [1.807, 2.05) is 20.8 Å². The summed E-state index contributed by atoms with van der Waals surface area (Å²) in [5.41, 5.74) is 7.10. The molecule has 0 saturated carbocycles. The summed E-state index contributed by atoms with van der Waals surface area (Å²) in [6.45, 7) is 5.87. The van der Waals surface area contributed by atoms with E-state index < -0.39 is 0 Å². The molecule has 144 valence electrons. The van der Waals surface area contributed by atoms with Gasteiger partial charge in [0.1, 0.15) is 9.88 Å². The molecule has 28 heavy (non-hydrogen) atoms. The van der Waals surface area contributed by atoms with E-state index in [0.717, 1.165) is 21.7 Å². The highest BCUT2D eigenvalue weighted by molar-refractivity contribution is 7.17. The minimum atomic E-state index is -0.319. The quantitative estimate of drug-likeness (QED) is 0.501. The number of thiazole rings is 1. The normalized spacial score (nSPS) is 11.0. The number of methoxy groups -OCH3 is 1. The summed E-state index contributed by atoms with van der Waals surface area (Å²) in [5.74, 6) is 0.0650. The standard InChI is InChI=1S/C21H21N3O3S/c1-12-5-6-13(2)16(9-12)21-23-14(3)19(28-21)20(26)24-22-11-15-7-8-18(27-4)17(25)10-15/h5-11,25H,1-4H3,(H,24,26)/b22-11+. The van der Waals surface area contributed by atoms with Crippen molar-refractivity contribution in [2.45, 2.75) is 20.8 Å². The fraction of sp³-hybridized carbons (Fsp3) is 0.190. The fourth-order valence-electron chi connectivity index (χ4n) is 2.69. The average Bonchev–Trinajstić information content (AvgIpc) is 3.05. The van der Waals surface area contributed by atoms with Crippen LogP contribution in [0.25, 0.3) is 10.6 Å². The van der Waals surface area contributed by atoms with Gasteiger partial charge in [0.2, 0.25) is 0 Å². The van der Waals surface area contributed by atoms with E-state index in [9.17, 15) is 9.90 Å². The van der Waals surface area contributed by atoms with Crippen molar-refractivity contribution in [3.8, 4) is 22.1 Å². The van der Waals surface area contributed by atoms with Gasteiger partial charge in [0.25, 0.3) is 5.91 Å². The number of carbonyl (C=O) groups excluding carboxylic acids is 1. The maximum Gasteiger partial charge on any atom is 0.283 e. The highest BCUT2D eigenvalue weighted by Gasteiger charge is 2.17. The zero-order chi connectivity index (χ0) is 20.3. The van der Waals surface area contributed by atoms with Crippen molar-refractivity contribution in [2.24, 2.45) is 5.10 Å². The number of benzene rings is 2. The maximum absolute atomic E-state index is 12.5. The minimum absolute atomic E-state index is 0.00856. The number of hydrogen-bond donors (Lipinski definition) is 2. The zero-order valence-electron chi connectivity index (χ0n) is 16.1. The summed E-state index contributed by atoms with van der Waals surface area (Å²) in [7, 11) is 1.48. The first kappa shape index (κ1) is 19.6. The minimum Gasteiger partial charge on any atom is -0.504 e. The summed E-state index contributed by atoms with van der Waals surface area (Å²) in [4.78, 5) is 17.6. The van der Waals surface area contributed by atoms with E-state index in [0.29, 0.717) is 21.9 Å². The Morgan fingerprint density at radius 3 is 2.71 bits per heavy atom. The zero-order valence-corrected chi connectivity index (χ0v) is 16.9. The number of amides is 1. The molecule has 0 atom stereocenters. The SMILES string of the molecule is COc1ccc(/C=N/NC(=O)c2sc(-c3cc(C)ccc3C)nc2C)cc1O. The third-order valence-electron chi connectivity index (χ3n) is 4.21. The Balaban J connectivity index is 1.75. The number of phenolic OH excluding ortho intramolecular Hbond substituents is 1. The fourth-order valence-corrected chi connectivity index (χ4v) is 3.73. The van der Waals surface area contributed by atoms with Gasteiger partial charge in [0.05, 0.1) is 19.0 Å². The molecule has 2 N–H and O–H groups in total. The molecule has 0 spiro atoms. The van der Waals surface area contributed by atoms with Gasteiger partial charge in [0.15, 0.2) is 11.5 Å². The van der Waals surface area contributed by atoms with Crippen molar-refractivity contribution >= 4 is 23.5 Å². The van der Waals surface area contributed by atoms with Crippen molar-refractivity contribution < 1.29 is 14.6 Å². The molecule has 7 heteroatoms. The Morgan fingerprint density at radius 2 is 2.00 bits per heavy atom. The molecule has 1 amide bonds. The Bertz CT molecular complexity index is 1060. The van der Waals surface area contributed by atoms with Gasteiger partial charge in [-0.05, 0) is 56.2 Å². The van der Waals surface area contributed by atoms with Crippen LogP contribution in [0.5, 0.6) is 11.5 Å². The van der Waals surface area contributed by atoms with Gasteiger partial charge in [-0.15, -0.1) is 11.3 Å². The van der Waals surface area contributed by atoms with Crippen LogP contribution in [0.4, 0.5) is 0 Å². The van der Waals surface area contributed by atoms with Crippen LogP contribution < -0.4 is 10.2 Å². The molecule has 0 bridgehead atoms. The van der Waals surface area contributed by atoms with Gasteiger partial charge in [-0.25, -0.2) is 10.4 Å². The van der Waals surface area contributed by atoms with Crippen molar-refractivity contribution in [3.63, 3.8) is 0 Å². The van der Waals surface area contributed by atoms with E-state index in [1.54, 1.807) is 12.1 Å². The first-order valence-electron chi connectivity index (χ1n) is 8.64. The average molecular weight is 395 g/mol. The van der Waals surface area contributed by atoms with Crippen LogP contribution in [0.15, 0.2) is 41.5 Å². The number of aryl methyl sites for hydroxylation is 3. The Labute approximate surface area is 167 Å². The molecule has 3 rings (SSSR count). The van der Waals surface area contributed by atoms with Crippen molar-refractivity contribution in [3.05, 3.63) is 63.7 Å².